The number of nitrogens with zero attached hydrogens (tertiary/aromatic N) is 2. The Labute approximate surface area is 190 Å². The first kappa shape index (κ1) is 21.8. The number of carbonyl (C=O) groups is 3. The van der Waals surface area contributed by atoms with Gasteiger partial charge in [-0.05, 0) is 41.5 Å². The van der Waals surface area contributed by atoms with Crippen LogP contribution in [-0.2, 0) is 16.0 Å². The van der Waals surface area contributed by atoms with Crippen molar-refractivity contribution in [1.82, 2.24) is 9.80 Å². The highest BCUT2D eigenvalue weighted by atomic mass is 32.1. The zero-order valence-electron chi connectivity index (χ0n) is 17.9. The second kappa shape index (κ2) is 9.82. The van der Waals surface area contributed by atoms with Crippen molar-refractivity contribution in [3.63, 3.8) is 0 Å². The standard InChI is InChI=1S/C24H25N3O4S/c1-2-31-23(29)19-8-3-5-9-20(19)25-24(30)27-13-11-26(12-14-27)22(28)15-17-16-32-21-10-6-4-7-18(17)21/h3-10,16H,2,11-15H2,1H3,(H,25,30). The first-order valence-corrected chi connectivity index (χ1v) is 11.5. The molecule has 0 radical (unpaired) electrons. The number of esters is 1. The Hall–Kier alpha value is -3.39. The zero-order chi connectivity index (χ0) is 22.5. The van der Waals surface area contributed by atoms with Gasteiger partial charge in [-0.1, -0.05) is 30.3 Å². The molecule has 8 heteroatoms. The number of thiophene rings is 1. The van der Waals surface area contributed by atoms with E-state index in [9.17, 15) is 14.4 Å². The van der Waals surface area contributed by atoms with E-state index < -0.39 is 5.97 Å². The average Bonchev–Trinajstić information content (AvgIpc) is 3.22. The van der Waals surface area contributed by atoms with Gasteiger partial charge in [-0.3, -0.25) is 4.79 Å². The summed E-state index contributed by atoms with van der Waals surface area (Å²) in [6, 6.07) is 14.6. The molecule has 7 nitrogen and oxygen atoms in total. The van der Waals surface area contributed by atoms with Gasteiger partial charge in [0.15, 0.2) is 0 Å². The molecule has 3 amide bonds. The number of urea groups is 1. The van der Waals surface area contributed by atoms with Gasteiger partial charge in [0.05, 0.1) is 24.3 Å². The summed E-state index contributed by atoms with van der Waals surface area (Å²) < 4.78 is 6.24. The van der Waals surface area contributed by atoms with Gasteiger partial charge in [0.25, 0.3) is 0 Å². The molecule has 1 aliphatic heterocycles. The van der Waals surface area contributed by atoms with Crippen molar-refractivity contribution in [3.05, 3.63) is 65.0 Å². The molecule has 1 aromatic heterocycles. The van der Waals surface area contributed by atoms with E-state index in [1.165, 1.54) is 4.70 Å². The Morgan fingerprint density at radius 1 is 0.969 bits per heavy atom. The van der Waals surface area contributed by atoms with Gasteiger partial charge in [-0.25, -0.2) is 9.59 Å². The Bertz CT molecular complexity index is 1130. The van der Waals surface area contributed by atoms with E-state index in [0.29, 0.717) is 43.9 Å². The van der Waals surface area contributed by atoms with Crippen LogP contribution >= 0.6 is 11.3 Å². The fraction of sp³-hybridized carbons (Fsp3) is 0.292. The van der Waals surface area contributed by atoms with Crippen LogP contribution in [0.2, 0.25) is 0 Å². The van der Waals surface area contributed by atoms with Crippen molar-refractivity contribution in [2.24, 2.45) is 0 Å². The molecule has 1 saturated heterocycles. The number of piperazine rings is 1. The minimum Gasteiger partial charge on any atom is -0.462 e. The van der Waals surface area contributed by atoms with Crippen LogP contribution in [0.5, 0.6) is 0 Å². The molecule has 4 rings (SSSR count). The first-order valence-electron chi connectivity index (χ1n) is 10.6. The van der Waals surface area contributed by atoms with Gasteiger partial charge in [0.2, 0.25) is 5.91 Å². The van der Waals surface area contributed by atoms with Gasteiger partial charge in [-0.2, -0.15) is 0 Å². The Morgan fingerprint density at radius 3 is 2.44 bits per heavy atom. The minimum atomic E-state index is -0.472. The van der Waals surface area contributed by atoms with E-state index in [0.717, 1.165) is 10.9 Å². The highest BCUT2D eigenvalue weighted by Gasteiger charge is 2.25. The predicted octanol–water partition coefficient (Wildman–Crippen LogP) is 4.00. The van der Waals surface area contributed by atoms with E-state index in [1.54, 1.807) is 47.4 Å². The fourth-order valence-corrected chi connectivity index (χ4v) is 4.74. The monoisotopic (exact) mass is 451 g/mol. The van der Waals surface area contributed by atoms with Crippen molar-refractivity contribution >= 4 is 45.0 Å². The molecule has 1 aliphatic rings. The largest absolute Gasteiger partial charge is 0.462 e. The van der Waals surface area contributed by atoms with E-state index in [1.807, 2.05) is 28.5 Å². The lowest BCUT2D eigenvalue weighted by Gasteiger charge is -2.34. The second-order valence-corrected chi connectivity index (χ2v) is 8.41. The molecule has 166 valence electrons. The van der Waals surface area contributed by atoms with Crippen LogP contribution in [0, 0.1) is 0 Å². The van der Waals surface area contributed by atoms with Gasteiger partial charge in [0.1, 0.15) is 0 Å². The molecule has 0 atom stereocenters. The molecular formula is C24H25N3O4S. The third-order valence-electron chi connectivity index (χ3n) is 5.49. The van der Waals surface area contributed by atoms with E-state index >= 15 is 0 Å². The highest BCUT2D eigenvalue weighted by molar-refractivity contribution is 7.17. The van der Waals surface area contributed by atoms with Crippen LogP contribution in [0.3, 0.4) is 0 Å². The third-order valence-corrected chi connectivity index (χ3v) is 6.50. The predicted molar refractivity (Wildman–Crippen MR) is 125 cm³/mol. The SMILES string of the molecule is CCOC(=O)c1ccccc1NC(=O)N1CCN(C(=O)Cc2csc3ccccc23)CC1. The Morgan fingerprint density at radius 2 is 1.66 bits per heavy atom. The molecule has 3 aromatic rings. The van der Waals surface area contributed by atoms with Crippen LogP contribution in [0.25, 0.3) is 10.1 Å². The van der Waals surface area contributed by atoms with E-state index in [-0.39, 0.29) is 18.5 Å². The van der Waals surface area contributed by atoms with Crippen LogP contribution in [0.4, 0.5) is 10.5 Å². The number of hydrogen-bond donors (Lipinski definition) is 1. The number of hydrogen-bond acceptors (Lipinski definition) is 5. The summed E-state index contributed by atoms with van der Waals surface area (Å²) in [7, 11) is 0. The molecule has 1 N–H and O–H groups in total. The molecule has 1 fully saturated rings. The maximum absolute atomic E-state index is 12.8. The lowest BCUT2D eigenvalue weighted by molar-refractivity contribution is -0.131. The van der Waals surface area contributed by atoms with Crippen molar-refractivity contribution in [2.45, 2.75) is 13.3 Å². The van der Waals surface area contributed by atoms with Gasteiger partial charge in [0, 0.05) is 30.9 Å². The average molecular weight is 452 g/mol. The Balaban J connectivity index is 1.33. The summed E-state index contributed by atoms with van der Waals surface area (Å²) in [6.07, 6.45) is 0.364. The fourth-order valence-electron chi connectivity index (χ4n) is 3.78. The number of nitrogens with one attached hydrogen (secondary N) is 1. The summed E-state index contributed by atoms with van der Waals surface area (Å²) in [6.45, 7) is 3.83. The summed E-state index contributed by atoms with van der Waals surface area (Å²) in [5.41, 5.74) is 1.78. The van der Waals surface area contributed by atoms with Crippen molar-refractivity contribution in [1.29, 1.82) is 0 Å². The number of anilines is 1. The Kier molecular flexibility index (Phi) is 6.70. The number of amides is 3. The molecule has 32 heavy (non-hydrogen) atoms. The normalized spacial score (nSPS) is 13.8. The van der Waals surface area contributed by atoms with Crippen LogP contribution in [0.15, 0.2) is 53.9 Å². The maximum Gasteiger partial charge on any atom is 0.340 e. The number of fused-ring (bicyclic) bond motifs is 1. The third kappa shape index (κ3) is 4.75. The number of benzene rings is 2. The van der Waals surface area contributed by atoms with E-state index in [2.05, 4.69) is 11.4 Å². The number of carbonyl (C=O) groups excluding carboxylic acids is 3. The van der Waals surface area contributed by atoms with Gasteiger partial charge < -0.3 is 19.9 Å². The summed E-state index contributed by atoms with van der Waals surface area (Å²) >= 11 is 1.65. The topological polar surface area (TPSA) is 79.0 Å². The van der Waals surface area contributed by atoms with Crippen molar-refractivity contribution in [2.75, 3.05) is 38.1 Å². The summed E-state index contributed by atoms with van der Waals surface area (Å²) in [5.74, 6) is -0.402. The number of rotatable bonds is 5. The molecular weight excluding hydrogens is 426 g/mol. The molecule has 2 aromatic carbocycles. The lowest BCUT2D eigenvalue weighted by atomic mass is 10.1. The smallest absolute Gasteiger partial charge is 0.340 e. The highest BCUT2D eigenvalue weighted by Crippen LogP contribution is 2.26. The molecule has 0 aliphatic carbocycles. The molecule has 0 spiro atoms. The van der Waals surface area contributed by atoms with Crippen LogP contribution in [-0.4, -0.2) is 60.5 Å². The molecule has 0 saturated carbocycles. The number of ether oxygens (including phenoxy) is 1. The zero-order valence-corrected chi connectivity index (χ0v) is 18.7. The quantitative estimate of drug-likeness (QED) is 0.595. The van der Waals surface area contributed by atoms with Gasteiger partial charge in [-0.15, -0.1) is 11.3 Å². The maximum atomic E-state index is 12.8. The molecule has 0 bridgehead atoms. The van der Waals surface area contributed by atoms with E-state index in [4.69, 9.17) is 4.74 Å². The summed E-state index contributed by atoms with van der Waals surface area (Å²) in [4.78, 5) is 41.1. The minimum absolute atomic E-state index is 0.0706. The van der Waals surface area contributed by atoms with Crippen molar-refractivity contribution < 1.29 is 19.1 Å². The molecule has 0 unspecified atom stereocenters. The second-order valence-electron chi connectivity index (χ2n) is 7.50. The summed E-state index contributed by atoms with van der Waals surface area (Å²) in [5, 5.41) is 5.98. The molecule has 2 heterocycles. The number of para-hydroxylation sites is 1. The van der Waals surface area contributed by atoms with Crippen LogP contribution < -0.4 is 5.32 Å². The lowest BCUT2D eigenvalue weighted by Crippen LogP contribution is -2.52. The van der Waals surface area contributed by atoms with Crippen LogP contribution in [0.1, 0.15) is 22.8 Å². The van der Waals surface area contributed by atoms with Gasteiger partial charge >= 0.3 is 12.0 Å². The van der Waals surface area contributed by atoms with Crippen molar-refractivity contribution in [3.8, 4) is 0 Å². The first-order chi connectivity index (χ1) is 15.6.